The normalized spacial score (nSPS) is 9.25. The van der Waals surface area contributed by atoms with Gasteiger partial charge in [0, 0.05) is 18.8 Å². The van der Waals surface area contributed by atoms with Crippen molar-refractivity contribution in [3.63, 3.8) is 0 Å². The van der Waals surface area contributed by atoms with Crippen molar-refractivity contribution in [2.24, 2.45) is 0 Å². The van der Waals surface area contributed by atoms with E-state index in [-0.39, 0.29) is 6.42 Å². The SMILES string of the molecule is C#CCSCCNCCC(=O)O. The van der Waals surface area contributed by atoms with E-state index in [1.807, 2.05) is 0 Å². The van der Waals surface area contributed by atoms with Crippen molar-refractivity contribution in [2.75, 3.05) is 24.6 Å². The zero-order chi connectivity index (χ0) is 9.23. The van der Waals surface area contributed by atoms with Gasteiger partial charge in [0.05, 0.1) is 12.2 Å². The Kier molecular flexibility index (Phi) is 7.97. The van der Waals surface area contributed by atoms with Gasteiger partial charge in [-0.15, -0.1) is 18.2 Å². The Balaban J connectivity index is 2.92. The van der Waals surface area contributed by atoms with Gasteiger partial charge in [-0.2, -0.15) is 0 Å². The summed E-state index contributed by atoms with van der Waals surface area (Å²) in [5.41, 5.74) is 0. The van der Waals surface area contributed by atoms with Crippen LogP contribution in [0.1, 0.15) is 6.42 Å². The first kappa shape index (κ1) is 11.3. The second-order valence-corrected chi connectivity index (χ2v) is 3.26. The molecule has 0 spiro atoms. The molecular weight excluding hydrogens is 174 g/mol. The number of carboxylic acids is 1. The molecule has 0 radical (unpaired) electrons. The largest absolute Gasteiger partial charge is 0.481 e. The maximum absolute atomic E-state index is 10.1. The van der Waals surface area contributed by atoms with Crippen LogP contribution in [-0.4, -0.2) is 35.7 Å². The molecule has 2 N–H and O–H groups in total. The lowest BCUT2D eigenvalue weighted by Gasteiger charge is -2.00. The second kappa shape index (κ2) is 8.44. The molecule has 0 bridgehead atoms. The van der Waals surface area contributed by atoms with E-state index in [1.54, 1.807) is 11.8 Å². The lowest BCUT2D eigenvalue weighted by atomic mass is 10.4. The van der Waals surface area contributed by atoms with Crippen LogP contribution < -0.4 is 5.32 Å². The molecule has 0 aromatic heterocycles. The standard InChI is InChI=1S/C8H13NO2S/c1-2-6-12-7-5-9-4-3-8(10)11/h1,9H,3-7H2,(H,10,11). The average molecular weight is 187 g/mol. The molecule has 0 aromatic rings. The predicted octanol–water partition coefficient (Wildman–Crippen LogP) is 0.417. The first-order chi connectivity index (χ1) is 5.77. The fourth-order valence-electron chi connectivity index (χ4n) is 0.596. The summed E-state index contributed by atoms with van der Waals surface area (Å²) in [6.07, 6.45) is 5.22. The van der Waals surface area contributed by atoms with Crippen LogP contribution in [0.5, 0.6) is 0 Å². The third-order valence-electron chi connectivity index (χ3n) is 1.12. The molecule has 3 nitrogen and oxygen atoms in total. The molecule has 0 amide bonds. The quantitative estimate of drug-likeness (QED) is 0.448. The molecule has 0 fully saturated rings. The number of carboxylic acid groups (broad SMARTS) is 1. The number of aliphatic carboxylic acids is 1. The summed E-state index contributed by atoms with van der Waals surface area (Å²) in [4.78, 5) is 10.1. The number of hydrogen-bond acceptors (Lipinski definition) is 3. The van der Waals surface area contributed by atoms with Crippen molar-refractivity contribution < 1.29 is 9.90 Å². The third-order valence-corrected chi connectivity index (χ3v) is 1.99. The Morgan fingerprint density at radius 2 is 2.33 bits per heavy atom. The van der Waals surface area contributed by atoms with Crippen molar-refractivity contribution >= 4 is 17.7 Å². The Labute approximate surface area is 76.9 Å². The summed E-state index contributed by atoms with van der Waals surface area (Å²) in [5.74, 6) is 3.41. The van der Waals surface area contributed by atoms with E-state index >= 15 is 0 Å². The number of thioether (sulfide) groups is 1. The Hall–Kier alpha value is -0.660. The molecule has 0 rings (SSSR count). The van der Waals surface area contributed by atoms with Crippen molar-refractivity contribution in [3.8, 4) is 12.3 Å². The number of hydrogen-bond donors (Lipinski definition) is 2. The molecule has 0 aliphatic carbocycles. The highest BCUT2D eigenvalue weighted by Crippen LogP contribution is 1.94. The Morgan fingerprint density at radius 3 is 2.92 bits per heavy atom. The van der Waals surface area contributed by atoms with Gasteiger partial charge in [0.15, 0.2) is 0 Å². The van der Waals surface area contributed by atoms with Gasteiger partial charge in [0.2, 0.25) is 0 Å². The fraction of sp³-hybridized carbons (Fsp3) is 0.625. The van der Waals surface area contributed by atoms with E-state index < -0.39 is 5.97 Å². The molecular formula is C8H13NO2S. The molecule has 0 aliphatic rings. The van der Waals surface area contributed by atoms with Crippen LogP contribution in [0.15, 0.2) is 0 Å². The van der Waals surface area contributed by atoms with E-state index in [4.69, 9.17) is 11.5 Å². The maximum atomic E-state index is 10.1. The molecule has 4 heteroatoms. The van der Waals surface area contributed by atoms with E-state index in [1.165, 1.54) is 0 Å². The lowest BCUT2D eigenvalue weighted by Crippen LogP contribution is -2.20. The zero-order valence-corrected chi connectivity index (χ0v) is 7.69. The minimum atomic E-state index is -0.765. The summed E-state index contributed by atoms with van der Waals surface area (Å²) in [5, 5.41) is 11.3. The zero-order valence-electron chi connectivity index (χ0n) is 6.88. The number of terminal acetylenes is 1. The highest BCUT2D eigenvalue weighted by molar-refractivity contribution is 7.99. The molecule has 0 unspecified atom stereocenters. The van der Waals surface area contributed by atoms with Gasteiger partial charge in [-0.25, -0.2) is 0 Å². The molecule has 0 aromatic carbocycles. The van der Waals surface area contributed by atoms with Crippen molar-refractivity contribution in [1.82, 2.24) is 5.32 Å². The van der Waals surface area contributed by atoms with Crippen LogP contribution >= 0.6 is 11.8 Å². The monoisotopic (exact) mass is 187 g/mol. The Bertz CT molecular complexity index is 165. The summed E-state index contributed by atoms with van der Waals surface area (Å²) in [6, 6.07) is 0. The van der Waals surface area contributed by atoms with E-state index in [0.29, 0.717) is 6.54 Å². The van der Waals surface area contributed by atoms with Gasteiger partial charge < -0.3 is 10.4 Å². The number of rotatable bonds is 7. The third kappa shape index (κ3) is 9.34. The van der Waals surface area contributed by atoms with E-state index in [0.717, 1.165) is 18.1 Å². The number of carbonyl (C=O) groups is 1. The van der Waals surface area contributed by atoms with Crippen molar-refractivity contribution in [1.29, 1.82) is 0 Å². The average Bonchev–Trinajstić information content (AvgIpc) is 2.02. The predicted molar refractivity (Wildman–Crippen MR) is 51.3 cm³/mol. The van der Waals surface area contributed by atoms with Crippen LogP contribution in [0.4, 0.5) is 0 Å². The highest BCUT2D eigenvalue weighted by atomic mass is 32.2. The maximum Gasteiger partial charge on any atom is 0.304 e. The molecule has 0 atom stereocenters. The van der Waals surface area contributed by atoms with Gasteiger partial charge in [0.25, 0.3) is 0 Å². The van der Waals surface area contributed by atoms with Gasteiger partial charge in [-0.05, 0) is 0 Å². The second-order valence-electron chi connectivity index (χ2n) is 2.15. The summed E-state index contributed by atoms with van der Waals surface area (Å²) >= 11 is 1.67. The summed E-state index contributed by atoms with van der Waals surface area (Å²) in [6.45, 7) is 1.35. The topological polar surface area (TPSA) is 49.3 Å². The van der Waals surface area contributed by atoms with E-state index in [9.17, 15) is 4.79 Å². The van der Waals surface area contributed by atoms with Crippen LogP contribution in [0, 0.1) is 12.3 Å². The van der Waals surface area contributed by atoms with Crippen LogP contribution in [0.25, 0.3) is 0 Å². The molecule has 0 saturated carbocycles. The summed E-state index contributed by atoms with van der Waals surface area (Å²) < 4.78 is 0. The van der Waals surface area contributed by atoms with E-state index in [2.05, 4.69) is 11.2 Å². The number of nitrogens with one attached hydrogen (secondary N) is 1. The molecule has 12 heavy (non-hydrogen) atoms. The van der Waals surface area contributed by atoms with Crippen molar-refractivity contribution in [3.05, 3.63) is 0 Å². The molecule has 0 aliphatic heterocycles. The lowest BCUT2D eigenvalue weighted by molar-refractivity contribution is -0.136. The smallest absolute Gasteiger partial charge is 0.304 e. The minimum absolute atomic E-state index is 0.180. The van der Waals surface area contributed by atoms with Crippen LogP contribution in [-0.2, 0) is 4.79 Å². The summed E-state index contributed by atoms with van der Waals surface area (Å²) in [7, 11) is 0. The van der Waals surface area contributed by atoms with Crippen molar-refractivity contribution in [2.45, 2.75) is 6.42 Å². The van der Waals surface area contributed by atoms with Gasteiger partial charge in [0.1, 0.15) is 0 Å². The molecule has 0 saturated heterocycles. The first-order valence-corrected chi connectivity index (χ1v) is 4.86. The minimum Gasteiger partial charge on any atom is -0.481 e. The van der Waals surface area contributed by atoms with Crippen LogP contribution in [0.3, 0.4) is 0 Å². The van der Waals surface area contributed by atoms with Gasteiger partial charge in [-0.1, -0.05) is 5.92 Å². The first-order valence-electron chi connectivity index (χ1n) is 3.71. The highest BCUT2D eigenvalue weighted by Gasteiger charge is 1.94. The van der Waals surface area contributed by atoms with Crippen LogP contribution in [0.2, 0.25) is 0 Å². The van der Waals surface area contributed by atoms with Gasteiger partial charge in [-0.3, -0.25) is 4.79 Å². The Morgan fingerprint density at radius 1 is 1.58 bits per heavy atom. The van der Waals surface area contributed by atoms with Gasteiger partial charge >= 0.3 is 5.97 Å². The molecule has 0 heterocycles. The fourth-order valence-corrected chi connectivity index (χ4v) is 1.15. The molecule has 68 valence electrons.